The molecule has 0 saturated heterocycles. The Morgan fingerprint density at radius 1 is 1.28 bits per heavy atom. The third-order valence-corrected chi connectivity index (χ3v) is 3.61. The first-order valence-corrected chi connectivity index (χ1v) is 7.65. The van der Waals surface area contributed by atoms with E-state index in [0.29, 0.717) is 27.8 Å². The summed E-state index contributed by atoms with van der Waals surface area (Å²) in [4.78, 5) is 8.97. The summed E-state index contributed by atoms with van der Waals surface area (Å²) in [5, 5.41) is 3.83. The summed E-state index contributed by atoms with van der Waals surface area (Å²) >= 11 is 13.4. The second-order valence-electron chi connectivity index (χ2n) is 3.86. The molecular formula is C11H17Cl2N3OS. The van der Waals surface area contributed by atoms with Crippen LogP contribution in [-0.2, 0) is 4.74 Å². The number of aromatic nitrogens is 2. The molecule has 0 aliphatic heterocycles. The van der Waals surface area contributed by atoms with E-state index in [9.17, 15) is 0 Å². The third-order valence-electron chi connectivity index (χ3n) is 2.04. The van der Waals surface area contributed by atoms with Crippen molar-refractivity contribution in [3.8, 4) is 0 Å². The van der Waals surface area contributed by atoms with Crippen LogP contribution in [0.5, 0.6) is 0 Å². The third kappa shape index (κ3) is 5.18. The molecule has 4 nitrogen and oxygen atoms in total. The molecule has 0 aromatic carbocycles. The van der Waals surface area contributed by atoms with Crippen molar-refractivity contribution in [3.05, 3.63) is 10.3 Å². The number of rotatable bonds is 7. The summed E-state index contributed by atoms with van der Waals surface area (Å²) in [5.41, 5.74) is 0. The smallest absolute Gasteiger partial charge is 0.225 e. The molecule has 0 radical (unpaired) electrons. The maximum atomic E-state index is 6.00. The van der Waals surface area contributed by atoms with Gasteiger partial charge in [0, 0.05) is 13.2 Å². The van der Waals surface area contributed by atoms with Crippen molar-refractivity contribution in [2.75, 3.05) is 24.7 Å². The summed E-state index contributed by atoms with van der Waals surface area (Å²) in [6, 6.07) is 0. The molecular weight excluding hydrogens is 293 g/mol. The van der Waals surface area contributed by atoms with Gasteiger partial charge < -0.3 is 10.1 Å². The largest absolute Gasteiger partial charge is 0.379 e. The second kappa shape index (κ2) is 8.04. The van der Waals surface area contributed by atoms with Crippen molar-refractivity contribution in [1.29, 1.82) is 0 Å². The van der Waals surface area contributed by atoms with Gasteiger partial charge in [0.25, 0.3) is 0 Å². The van der Waals surface area contributed by atoms with Crippen LogP contribution in [0.15, 0.2) is 4.90 Å². The Labute approximate surface area is 122 Å². The van der Waals surface area contributed by atoms with E-state index >= 15 is 0 Å². The zero-order valence-corrected chi connectivity index (χ0v) is 13.0. The minimum absolute atomic E-state index is 0.256. The fourth-order valence-electron chi connectivity index (χ4n) is 1.24. The molecule has 0 atom stereocenters. The predicted octanol–water partition coefficient (Wildman–Crippen LogP) is 3.73. The number of thioether (sulfide) groups is 1. The van der Waals surface area contributed by atoms with Gasteiger partial charge in [-0.25, -0.2) is 0 Å². The highest BCUT2D eigenvalue weighted by Gasteiger charge is 2.10. The lowest BCUT2D eigenvalue weighted by Crippen LogP contribution is -2.11. The van der Waals surface area contributed by atoms with Crippen LogP contribution in [0.3, 0.4) is 0 Å². The molecule has 18 heavy (non-hydrogen) atoms. The Bertz CT molecular complexity index is 368. The van der Waals surface area contributed by atoms with Crippen molar-refractivity contribution < 1.29 is 4.74 Å². The summed E-state index contributed by atoms with van der Waals surface area (Å²) < 4.78 is 5.43. The molecule has 1 N–H and O–H groups in total. The molecule has 1 heterocycles. The van der Waals surface area contributed by atoms with E-state index in [2.05, 4.69) is 15.3 Å². The average Bonchev–Trinajstić information content (AvgIpc) is 2.27. The summed E-state index contributed by atoms with van der Waals surface area (Å²) in [7, 11) is 0. The average molecular weight is 310 g/mol. The molecule has 1 aromatic heterocycles. The van der Waals surface area contributed by atoms with E-state index in [1.807, 2.05) is 20.1 Å². The van der Waals surface area contributed by atoms with Crippen LogP contribution in [0, 0.1) is 0 Å². The summed E-state index contributed by atoms with van der Waals surface area (Å²) in [6.45, 7) is 5.45. The SMILES string of the molecule is CSc1c(Cl)nc(NCCCOC(C)C)nc1Cl. The first-order valence-electron chi connectivity index (χ1n) is 5.67. The topological polar surface area (TPSA) is 47.0 Å². The van der Waals surface area contributed by atoms with Crippen LogP contribution in [0.2, 0.25) is 10.3 Å². The van der Waals surface area contributed by atoms with Crippen LogP contribution in [0.4, 0.5) is 5.95 Å². The van der Waals surface area contributed by atoms with Crippen molar-refractivity contribution in [2.45, 2.75) is 31.3 Å². The minimum Gasteiger partial charge on any atom is -0.379 e. The summed E-state index contributed by atoms with van der Waals surface area (Å²) in [6.07, 6.45) is 3.01. The zero-order valence-electron chi connectivity index (χ0n) is 10.7. The molecule has 102 valence electrons. The molecule has 1 rings (SSSR count). The van der Waals surface area contributed by atoms with E-state index < -0.39 is 0 Å². The highest BCUT2D eigenvalue weighted by molar-refractivity contribution is 7.98. The lowest BCUT2D eigenvalue weighted by molar-refractivity contribution is 0.0787. The molecule has 0 aliphatic rings. The van der Waals surface area contributed by atoms with Gasteiger partial charge >= 0.3 is 0 Å². The van der Waals surface area contributed by atoms with E-state index in [4.69, 9.17) is 27.9 Å². The van der Waals surface area contributed by atoms with Crippen molar-refractivity contribution >= 4 is 40.9 Å². The number of halogens is 2. The molecule has 0 saturated carbocycles. The van der Waals surface area contributed by atoms with E-state index in [1.54, 1.807) is 0 Å². The highest BCUT2D eigenvalue weighted by Crippen LogP contribution is 2.30. The molecule has 0 fully saturated rings. The maximum absolute atomic E-state index is 6.00. The fourth-order valence-corrected chi connectivity index (χ4v) is 2.52. The monoisotopic (exact) mass is 309 g/mol. The Kier molecular flexibility index (Phi) is 7.07. The number of anilines is 1. The van der Waals surface area contributed by atoms with Gasteiger partial charge in [-0.2, -0.15) is 9.97 Å². The number of hydrogen-bond acceptors (Lipinski definition) is 5. The van der Waals surface area contributed by atoms with Gasteiger partial charge in [0.15, 0.2) is 0 Å². The maximum Gasteiger partial charge on any atom is 0.225 e. The second-order valence-corrected chi connectivity index (χ2v) is 5.39. The molecule has 0 spiro atoms. The lowest BCUT2D eigenvalue weighted by atomic mass is 10.4. The van der Waals surface area contributed by atoms with Crippen molar-refractivity contribution in [2.24, 2.45) is 0 Å². The first-order chi connectivity index (χ1) is 8.54. The fraction of sp³-hybridized carbons (Fsp3) is 0.636. The lowest BCUT2D eigenvalue weighted by Gasteiger charge is -2.09. The number of hydrogen-bond donors (Lipinski definition) is 1. The summed E-state index contributed by atoms with van der Waals surface area (Å²) in [5.74, 6) is 0.451. The van der Waals surface area contributed by atoms with Gasteiger partial charge in [0.1, 0.15) is 10.3 Å². The first kappa shape index (κ1) is 15.8. The Morgan fingerprint density at radius 2 is 1.89 bits per heavy atom. The molecule has 0 unspecified atom stereocenters. The van der Waals surface area contributed by atoms with E-state index in [-0.39, 0.29) is 6.10 Å². The predicted molar refractivity (Wildman–Crippen MR) is 78.0 cm³/mol. The van der Waals surface area contributed by atoms with Gasteiger partial charge in [-0.3, -0.25) is 0 Å². The van der Waals surface area contributed by atoms with Gasteiger partial charge in [0.05, 0.1) is 11.0 Å². The van der Waals surface area contributed by atoms with Crippen LogP contribution < -0.4 is 5.32 Å². The Hall–Kier alpha value is -0.230. The molecule has 0 amide bonds. The molecule has 1 aromatic rings. The quantitative estimate of drug-likeness (QED) is 0.472. The van der Waals surface area contributed by atoms with E-state index in [1.165, 1.54) is 11.8 Å². The van der Waals surface area contributed by atoms with Crippen LogP contribution in [0.25, 0.3) is 0 Å². The minimum atomic E-state index is 0.256. The van der Waals surface area contributed by atoms with Gasteiger partial charge in [-0.15, -0.1) is 11.8 Å². The van der Waals surface area contributed by atoms with Crippen LogP contribution >= 0.6 is 35.0 Å². The number of nitrogens with zero attached hydrogens (tertiary/aromatic N) is 2. The van der Waals surface area contributed by atoms with Crippen LogP contribution in [0.1, 0.15) is 20.3 Å². The zero-order chi connectivity index (χ0) is 13.5. The molecule has 0 bridgehead atoms. The Balaban J connectivity index is 2.44. The standard InChI is InChI=1S/C11H17Cl2N3OS/c1-7(2)17-6-4-5-14-11-15-9(12)8(18-3)10(13)16-11/h7H,4-6H2,1-3H3,(H,14,15,16). The van der Waals surface area contributed by atoms with Crippen LogP contribution in [-0.4, -0.2) is 35.5 Å². The number of ether oxygens (including phenoxy) is 1. The Morgan fingerprint density at radius 3 is 2.39 bits per heavy atom. The highest BCUT2D eigenvalue weighted by atomic mass is 35.5. The number of nitrogens with one attached hydrogen (secondary N) is 1. The van der Waals surface area contributed by atoms with Crippen molar-refractivity contribution in [3.63, 3.8) is 0 Å². The van der Waals surface area contributed by atoms with Crippen molar-refractivity contribution in [1.82, 2.24) is 9.97 Å². The van der Waals surface area contributed by atoms with Gasteiger partial charge in [-0.05, 0) is 26.5 Å². The van der Waals surface area contributed by atoms with Gasteiger partial charge in [0.2, 0.25) is 5.95 Å². The van der Waals surface area contributed by atoms with E-state index in [0.717, 1.165) is 13.0 Å². The van der Waals surface area contributed by atoms with Gasteiger partial charge in [-0.1, -0.05) is 23.2 Å². The normalized spacial score (nSPS) is 11.0. The molecule has 0 aliphatic carbocycles. The molecule has 7 heteroatoms.